The highest BCUT2D eigenvalue weighted by molar-refractivity contribution is 5.79. The summed E-state index contributed by atoms with van der Waals surface area (Å²) < 4.78 is 35.2. The van der Waals surface area contributed by atoms with Gasteiger partial charge in [0.15, 0.2) is 12.6 Å². The number of carbonyl (C=O) groups is 1. The van der Waals surface area contributed by atoms with E-state index >= 15 is 0 Å². The maximum Gasteiger partial charge on any atom is 0.315 e. The van der Waals surface area contributed by atoms with E-state index in [2.05, 4.69) is 47.6 Å². The molecule has 65 heavy (non-hydrogen) atoms. The minimum absolute atomic E-state index is 0.0565. The second-order valence-electron chi connectivity index (χ2n) is 22.9. The third-order valence-electron chi connectivity index (χ3n) is 19.1. The van der Waals surface area contributed by atoms with E-state index < -0.39 is 129 Å². The maximum atomic E-state index is 14.9. The summed E-state index contributed by atoms with van der Waals surface area (Å²) in [4.78, 5) is 14.9. The van der Waals surface area contributed by atoms with Crippen LogP contribution in [0.4, 0.5) is 0 Å². The molecule has 8 aliphatic rings. The Kier molecular flexibility index (Phi) is 13.7. The zero-order valence-electron chi connectivity index (χ0n) is 38.6. The largest absolute Gasteiger partial charge is 0.432 e. The van der Waals surface area contributed by atoms with E-state index in [9.17, 15) is 61.0 Å². The fourth-order valence-corrected chi connectivity index (χ4v) is 14.7. The molecule has 5 aliphatic carbocycles. The molecule has 0 bridgehead atoms. The number of aliphatic hydroxyl groups is 11. The van der Waals surface area contributed by atoms with Crippen LogP contribution in [0.2, 0.25) is 0 Å². The van der Waals surface area contributed by atoms with Crippen LogP contribution in [-0.2, 0) is 33.2 Å². The lowest BCUT2D eigenvalue weighted by atomic mass is 9.33. The van der Waals surface area contributed by atoms with Crippen LogP contribution in [0.5, 0.6) is 0 Å². The van der Waals surface area contributed by atoms with Crippen LogP contribution in [0.3, 0.4) is 0 Å². The predicted octanol–water partition coefficient (Wildman–Crippen LogP) is -0.248. The lowest BCUT2D eigenvalue weighted by molar-refractivity contribution is -0.328. The van der Waals surface area contributed by atoms with Gasteiger partial charge in [0.25, 0.3) is 0 Å². The number of ether oxygens (including phenoxy) is 6. The van der Waals surface area contributed by atoms with Crippen molar-refractivity contribution in [2.75, 3.05) is 26.4 Å². The van der Waals surface area contributed by atoms with E-state index in [1.165, 1.54) is 5.57 Å². The van der Waals surface area contributed by atoms with Crippen LogP contribution in [0.15, 0.2) is 11.6 Å². The number of rotatable bonds is 10. The van der Waals surface area contributed by atoms with Gasteiger partial charge in [-0.2, -0.15) is 0 Å². The highest BCUT2D eigenvalue weighted by atomic mass is 16.7. The Morgan fingerprint density at radius 2 is 1.22 bits per heavy atom. The smallest absolute Gasteiger partial charge is 0.315 e. The molecule has 0 aromatic carbocycles. The molecule has 4 saturated carbocycles. The van der Waals surface area contributed by atoms with Crippen molar-refractivity contribution in [3.63, 3.8) is 0 Å². The van der Waals surface area contributed by atoms with E-state index in [0.29, 0.717) is 25.7 Å². The molecule has 11 N–H and O–H groups in total. The van der Waals surface area contributed by atoms with Gasteiger partial charge in [0.2, 0.25) is 6.29 Å². The number of aliphatic hydroxyl groups excluding tert-OH is 11. The monoisotopic (exact) mass is 929 g/mol. The first kappa shape index (κ1) is 50.0. The Hall–Kier alpha value is -1.43. The van der Waals surface area contributed by atoms with Gasteiger partial charge in [-0.25, -0.2) is 0 Å². The molecule has 3 saturated heterocycles. The average Bonchev–Trinajstić information content (AvgIpc) is 3.54. The maximum absolute atomic E-state index is 14.9. The third-order valence-corrected chi connectivity index (χ3v) is 19.1. The van der Waals surface area contributed by atoms with Crippen molar-refractivity contribution in [3.05, 3.63) is 11.6 Å². The summed E-state index contributed by atoms with van der Waals surface area (Å²) in [6, 6.07) is 0. The van der Waals surface area contributed by atoms with E-state index in [1.54, 1.807) is 0 Å². The SMILES string of the molecule is CC1(C)CCC2(C(=O)OC3OC(COC4OC(CO)C(O)C(O)C4O)C(O)C(O)C3O)CCC3(C)C(=CCC4C5(C)CCC(OC6OC(CO)C(O)C6O)C(C)(CO)C5CCC43C)C2C1. The van der Waals surface area contributed by atoms with Crippen LogP contribution in [-0.4, -0.2) is 181 Å². The summed E-state index contributed by atoms with van der Waals surface area (Å²) in [6.45, 7) is 11.8. The first-order valence-electron chi connectivity index (χ1n) is 23.9. The van der Waals surface area contributed by atoms with Crippen molar-refractivity contribution in [1.82, 2.24) is 0 Å². The van der Waals surface area contributed by atoms with Gasteiger partial charge in [0.1, 0.15) is 67.1 Å². The number of allylic oxidation sites excluding steroid dienone is 2. The fraction of sp³-hybridized carbons (Fsp3) is 0.936. The Morgan fingerprint density at radius 3 is 1.86 bits per heavy atom. The summed E-state index contributed by atoms with van der Waals surface area (Å²) in [7, 11) is 0. The van der Waals surface area contributed by atoms with Crippen molar-refractivity contribution in [2.24, 2.45) is 50.2 Å². The van der Waals surface area contributed by atoms with E-state index in [0.717, 1.165) is 38.5 Å². The zero-order chi connectivity index (χ0) is 47.4. The van der Waals surface area contributed by atoms with Crippen molar-refractivity contribution < 1.29 is 89.4 Å². The van der Waals surface area contributed by atoms with Crippen LogP contribution in [0.25, 0.3) is 0 Å². The molecule has 372 valence electrons. The highest BCUT2D eigenvalue weighted by Gasteiger charge is 2.70. The molecule has 0 aromatic heterocycles. The van der Waals surface area contributed by atoms with Crippen molar-refractivity contribution in [3.8, 4) is 0 Å². The summed E-state index contributed by atoms with van der Waals surface area (Å²) >= 11 is 0. The normalized spacial score (nSPS) is 54.1. The zero-order valence-corrected chi connectivity index (χ0v) is 38.6. The second-order valence-corrected chi connectivity index (χ2v) is 22.9. The van der Waals surface area contributed by atoms with Crippen LogP contribution >= 0.6 is 0 Å². The van der Waals surface area contributed by atoms with Crippen LogP contribution in [0.1, 0.15) is 106 Å². The molecule has 3 aliphatic heterocycles. The topological polar surface area (TPSA) is 295 Å². The molecular formula is C47H76O18. The summed E-state index contributed by atoms with van der Waals surface area (Å²) in [6.07, 6.45) is -12.0. The molecule has 7 fully saturated rings. The molecule has 0 aromatic rings. The summed E-state index contributed by atoms with van der Waals surface area (Å²) in [5, 5.41) is 116. The molecule has 18 nitrogen and oxygen atoms in total. The lowest BCUT2D eigenvalue weighted by Gasteiger charge is -2.71. The van der Waals surface area contributed by atoms with E-state index in [-0.39, 0.29) is 46.0 Å². The van der Waals surface area contributed by atoms with Gasteiger partial charge in [-0.05, 0) is 104 Å². The lowest BCUT2D eigenvalue weighted by Crippen LogP contribution is -2.66. The standard InChI is InChI=1S/C47H76O18/c1-42(2)13-15-47(41(59)65-40-37(58)34(55)32(53)26(63-40)20-60-38-36(57)33(54)30(51)24(18-48)61-38)16-14-45(5)22(23(47)17-42)7-8-28-43(3)11-10-29(64-39-35(56)31(52)25(19-49)62-39)44(4,21-50)27(43)9-12-46(28,45)6/h7,23-40,48-58H,8-21H2,1-6H3. The molecule has 23 unspecified atom stereocenters. The van der Waals surface area contributed by atoms with Gasteiger partial charge in [0, 0.05) is 5.41 Å². The Morgan fingerprint density at radius 1 is 0.646 bits per heavy atom. The molecule has 8 rings (SSSR count). The number of fused-ring (bicyclic) bond motifs is 7. The summed E-state index contributed by atoms with van der Waals surface area (Å²) in [5.74, 6) is -0.484. The first-order chi connectivity index (χ1) is 30.5. The Balaban J connectivity index is 1.02. The average molecular weight is 929 g/mol. The molecule has 23 atom stereocenters. The molecule has 0 radical (unpaired) electrons. The third kappa shape index (κ3) is 7.80. The number of carbonyl (C=O) groups excluding carboxylic acids is 1. The first-order valence-corrected chi connectivity index (χ1v) is 23.9. The highest BCUT2D eigenvalue weighted by Crippen LogP contribution is 2.76. The van der Waals surface area contributed by atoms with Gasteiger partial charge in [-0.1, -0.05) is 53.2 Å². The van der Waals surface area contributed by atoms with Gasteiger partial charge in [-0.15, -0.1) is 0 Å². The van der Waals surface area contributed by atoms with Crippen LogP contribution in [0, 0.1) is 50.2 Å². The van der Waals surface area contributed by atoms with Gasteiger partial charge >= 0.3 is 5.97 Å². The van der Waals surface area contributed by atoms with Crippen molar-refractivity contribution in [1.29, 1.82) is 0 Å². The quantitative estimate of drug-likeness (QED) is 0.0995. The van der Waals surface area contributed by atoms with Crippen molar-refractivity contribution >= 4 is 5.97 Å². The summed E-state index contributed by atoms with van der Waals surface area (Å²) in [5.41, 5.74) is -1.23. The molecule has 3 heterocycles. The Labute approximate surface area is 380 Å². The molecule has 0 amide bonds. The molecular weight excluding hydrogens is 852 g/mol. The van der Waals surface area contributed by atoms with Gasteiger partial charge < -0.3 is 84.6 Å². The number of hydrogen-bond acceptors (Lipinski definition) is 18. The minimum Gasteiger partial charge on any atom is -0.432 e. The second kappa shape index (κ2) is 17.8. The number of esters is 1. The van der Waals surface area contributed by atoms with E-state index in [1.807, 2.05) is 0 Å². The van der Waals surface area contributed by atoms with Crippen molar-refractivity contribution in [2.45, 2.75) is 198 Å². The molecule has 0 spiro atoms. The predicted molar refractivity (Wildman–Crippen MR) is 226 cm³/mol. The number of hydrogen-bond donors (Lipinski definition) is 11. The van der Waals surface area contributed by atoms with Gasteiger partial charge in [-0.3, -0.25) is 4.79 Å². The Bertz CT molecular complexity index is 1760. The van der Waals surface area contributed by atoms with Gasteiger partial charge in [0.05, 0.1) is 37.9 Å². The molecule has 18 heteroatoms. The van der Waals surface area contributed by atoms with E-state index in [4.69, 9.17) is 28.4 Å². The fourth-order valence-electron chi connectivity index (χ4n) is 14.7. The van der Waals surface area contributed by atoms with Crippen LogP contribution < -0.4 is 0 Å². The minimum atomic E-state index is -1.81.